The zero-order valence-corrected chi connectivity index (χ0v) is 13.3. The van der Waals surface area contributed by atoms with Gasteiger partial charge in [0.05, 0.1) is 0 Å². The lowest BCUT2D eigenvalue weighted by atomic mass is 9.94. The Hall–Kier alpha value is -1.42. The highest BCUT2D eigenvalue weighted by molar-refractivity contribution is 5.58. The van der Waals surface area contributed by atoms with Crippen molar-refractivity contribution in [2.75, 3.05) is 24.8 Å². The molecule has 1 aromatic rings. The van der Waals surface area contributed by atoms with Crippen LogP contribution in [0.15, 0.2) is 18.2 Å². The van der Waals surface area contributed by atoms with Gasteiger partial charge in [-0.2, -0.15) is 0 Å². The minimum atomic E-state index is 0.340. The number of benzene rings is 1. The Bertz CT molecular complexity index is 492. The van der Waals surface area contributed by atoms with Gasteiger partial charge in [-0.3, -0.25) is 0 Å². The minimum absolute atomic E-state index is 0.340. The Labute approximate surface area is 127 Å². The lowest BCUT2D eigenvalue weighted by molar-refractivity contribution is 0.174. The summed E-state index contributed by atoms with van der Waals surface area (Å²) in [5.41, 5.74) is 1.25. The van der Waals surface area contributed by atoms with E-state index in [0.717, 1.165) is 31.0 Å². The minimum Gasteiger partial charge on any atom is -0.454 e. The first-order valence-electron chi connectivity index (χ1n) is 8.12. The zero-order chi connectivity index (χ0) is 14.8. The number of rotatable bonds is 4. The van der Waals surface area contributed by atoms with Gasteiger partial charge in [-0.25, -0.2) is 0 Å². The number of ether oxygens (including phenoxy) is 2. The molecule has 4 heteroatoms. The van der Waals surface area contributed by atoms with Crippen molar-refractivity contribution in [1.29, 1.82) is 0 Å². The molecule has 0 spiro atoms. The van der Waals surface area contributed by atoms with Crippen LogP contribution in [0.5, 0.6) is 11.5 Å². The molecule has 2 aliphatic rings. The van der Waals surface area contributed by atoms with Crippen LogP contribution < -0.4 is 19.7 Å². The summed E-state index contributed by atoms with van der Waals surface area (Å²) in [5.74, 6) is 2.43. The second-order valence-electron chi connectivity index (χ2n) is 6.15. The molecule has 3 rings (SSSR count). The molecule has 1 aromatic carbocycles. The Balaban J connectivity index is 1.82. The maximum absolute atomic E-state index is 5.53. The lowest BCUT2D eigenvalue weighted by Crippen LogP contribution is -2.58. The molecule has 0 saturated carbocycles. The summed E-state index contributed by atoms with van der Waals surface area (Å²) in [6, 6.07) is 7.43. The van der Waals surface area contributed by atoms with E-state index in [1.54, 1.807) is 0 Å². The Kier molecular flexibility index (Phi) is 4.24. The predicted octanol–water partition coefficient (Wildman–Crippen LogP) is 3.02. The lowest BCUT2D eigenvalue weighted by Gasteiger charge is -2.43. The molecule has 0 aromatic heterocycles. The van der Waals surface area contributed by atoms with Crippen molar-refractivity contribution in [2.45, 2.75) is 45.7 Å². The molecule has 0 bridgehead atoms. The highest BCUT2D eigenvalue weighted by Gasteiger charge is 2.30. The summed E-state index contributed by atoms with van der Waals surface area (Å²) >= 11 is 0. The topological polar surface area (TPSA) is 33.7 Å². The first kappa shape index (κ1) is 14.5. The van der Waals surface area contributed by atoms with Crippen LogP contribution >= 0.6 is 0 Å². The van der Waals surface area contributed by atoms with Crippen LogP contribution in [0.25, 0.3) is 0 Å². The Morgan fingerprint density at radius 1 is 1.29 bits per heavy atom. The van der Waals surface area contributed by atoms with Crippen LogP contribution in [-0.2, 0) is 0 Å². The summed E-state index contributed by atoms with van der Waals surface area (Å²) in [6.45, 7) is 9.32. The van der Waals surface area contributed by atoms with Crippen molar-refractivity contribution in [3.05, 3.63) is 18.2 Å². The summed E-state index contributed by atoms with van der Waals surface area (Å²) in [4.78, 5) is 2.54. The molecule has 2 aliphatic heterocycles. The fraction of sp³-hybridized carbons (Fsp3) is 0.647. The van der Waals surface area contributed by atoms with Gasteiger partial charge < -0.3 is 19.7 Å². The van der Waals surface area contributed by atoms with E-state index in [4.69, 9.17) is 9.47 Å². The molecule has 2 heterocycles. The fourth-order valence-electron chi connectivity index (χ4n) is 3.23. The van der Waals surface area contributed by atoms with Crippen molar-refractivity contribution < 1.29 is 9.47 Å². The molecule has 1 saturated heterocycles. The second-order valence-corrected chi connectivity index (χ2v) is 6.15. The van der Waals surface area contributed by atoms with Crippen LogP contribution in [0.2, 0.25) is 0 Å². The summed E-state index contributed by atoms with van der Waals surface area (Å²) in [5, 5.41) is 3.73. The first-order valence-corrected chi connectivity index (χ1v) is 8.12. The van der Waals surface area contributed by atoms with E-state index in [0.29, 0.717) is 24.8 Å². The normalized spacial score (nSPS) is 26.0. The largest absolute Gasteiger partial charge is 0.454 e. The van der Waals surface area contributed by atoms with Crippen molar-refractivity contribution in [3.8, 4) is 11.5 Å². The van der Waals surface area contributed by atoms with Crippen molar-refractivity contribution in [2.24, 2.45) is 5.92 Å². The van der Waals surface area contributed by atoms with Gasteiger partial charge in [0.15, 0.2) is 11.5 Å². The molecule has 3 unspecified atom stereocenters. The third kappa shape index (κ3) is 2.82. The molecule has 0 aliphatic carbocycles. The molecular formula is C17H26N2O2. The number of nitrogens with one attached hydrogen (secondary N) is 1. The average Bonchev–Trinajstić information content (AvgIpc) is 3.01. The molecular weight excluding hydrogens is 264 g/mol. The average molecular weight is 290 g/mol. The number of hydrogen-bond acceptors (Lipinski definition) is 4. The summed E-state index contributed by atoms with van der Waals surface area (Å²) in [7, 11) is 0. The summed E-state index contributed by atoms with van der Waals surface area (Å²) in [6.07, 6.45) is 2.36. The molecule has 0 amide bonds. The SMILES string of the molecule is CCC(C)C1CN(c2ccc3c(c2)OCO3)C(CC)CN1. The highest BCUT2D eigenvalue weighted by atomic mass is 16.7. The van der Waals surface area contributed by atoms with E-state index in [9.17, 15) is 0 Å². The van der Waals surface area contributed by atoms with E-state index in [1.165, 1.54) is 12.1 Å². The molecule has 1 N–H and O–H groups in total. The van der Waals surface area contributed by atoms with Crippen molar-refractivity contribution >= 4 is 5.69 Å². The number of piperazine rings is 1. The van der Waals surface area contributed by atoms with E-state index < -0.39 is 0 Å². The van der Waals surface area contributed by atoms with E-state index >= 15 is 0 Å². The number of anilines is 1. The van der Waals surface area contributed by atoms with Gasteiger partial charge in [-0.15, -0.1) is 0 Å². The number of fused-ring (bicyclic) bond motifs is 1. The van der Waals surface area contributed by atoms with Crippen LogP contribution in [0, 0.1) is 5.92 Å². The number of hydrogen-bond donors (Lipinski definition) is 1. The predicted molar refractivity (Wildman–Crippen MR) is 85.2 cm³/mol. The molecule has 4 nitrogen and oxygen atoms in total. The fourth-order valence-corrected chi connectivity index (χ4v) is 3.23. The molecule has 1 fully saturated rings. The quantitative estimate of drug-likeness (QED) is 0.924. The maximum atomic E-state index is 5.53. The van der Waals surface area contributed by atoms with Gasteiger partial charge in [0.2, 0.25) is 6.79 Å². The standard InChI is InChI=1S/C17H26N2O2/c1-4-12(3)15-10-19(13(5-2)9-18-15)14-6-7-16-17(8-14)21-11-20-16/h6-8,12-13,15,18H,4-5,9-11H2,1-3H3. The van der Waals surface area contributed by atoms with Gasteiger partial charge in [-0.05, 0) is 24.5 Å². The van der Waals surface area contributed by atoms with Gasteiger partial charge >= 0.3 is 0 Å². The Morgan fingerprint density at radius 2 is 2.10 bits per heavy atom. The second kappa shape index (κ2) is 6.14. The van der Waals surface area contributed by atoms with Crippen LogP contribution in [-0.4, -0.2) is 32.0 Å². The molecule has 0 radical (unpaired) electrons. The van der Waals surface area contributed by atoms with Crippen LogP contribution in [0.4, 0.5) is 5.69 Å². The maximum Gasteiger partial charge on any atom is 0.231 e. The number of nitrogens with zero attached hydrogens (tertiary/aromatic N) is 1. The molecule has 3 atom stereocenters. The zero-order valence-electron chi connectivity index (χ0n) is 13.3. The smallest absolute Gasteiger partial charge is 0.231 e. The summed E-state index contributed by atoms with van der Waals surface area (Å²) < 4.78 is 10.9. The van der Waals surface area contributed by atoms with Crippen LogP contribution in [0.3, 0.4) is 0 Å². The Morgan fingerprint density at radius 3 is 2.86 bits per heavy atom. The van der Waals surface area contributed by atoms with Crippen molar-refractivity contribution in [1.82, 2.24) is 5.32 Å². The van der Waals surface area contributed by atoms with Gasteiger partial charge in [0, 0.05) is 36.9 Å². The van der Waals surface area contributed by atoms with Gasteiger partial charge in [-0.1, -0.05) is 27.2 Å². The van der Waals surface area contributed by atoms with E-state index in [2.05, 4.69) is 43.1 Å². The van der Waals surface area contributed by atoms with Gasteiger partial charge in [0.1, 0.15) is 0 Å². The van der Waals surface area contributed by atoms with Crippen molar-refractivity contribution in [3.63, 3.8) is 0 Å². The van der Waals surface area contributed by atoms with Crippen LogP contribution in [0.1, 0.15) is 33.6 Å². The van der Waals surface area contributed by atoms with E-state index in [1.807, 2.05) is 6.07 Å². The molecule has 21 heavy (non-hydrogen) atoms. The molecule has 116 valence electrons. The first-order chi connectivity index (χ1) is 10.2. The van der Waals surface area contributed by atoms with Gasteiger partial charge in [0.25, 0.3) is 0 Å². The third-order valence-corrected chi connectivity index (χ3v) is 4.94. The monoisotopic (exact) mass is 290 g/mol. The van der Waals surface area contributed by atoms with E-state index in [-0.39, 0.29) is 0 Å². The third-order valence-electron chi connectivity index (χ3n) is 4.94. The highest BCUT2D eigenvalue weighted by Crippen LogP contribution is 2.36.